The molecule has 2 aromatic rings. The van der Waals surface area contributed by atoms with Crippen LogP contribution in [0.15, 0.2) is 48.5 Å². The molecule has 2 N–H and O–H groups in total. The van der Waals surface area contributed by atoms with Crippen LogP contribution in [0, 0.1) is 0 Å². The van der Waals surface area contributed by atoms with E-state index in [2.05, 4.69) is 5.32 Å². The van der Waals surface area contributed by atoms with Crippen LogP contribution in [0.1, 0.15) is 23.6 Å². The lowest BCUT2D eigenvalue weighted by Crippen LogP contribution is -2.23. The van der Waals surface area contributed by atoms with Crippen LogP contribution in [-0.2, 0) is 11.3 Å². The van der Waals surface area contributed by atoms with Crippen LogP contribution in [0.25, 0.3) is 0 Å². The van der Waals surface area contributed by atoms with Gasteiger partial charge in [0.25, 0.3) is 0 Å². The van der Waals surface area contributed by atoms with Crippen LogP contribution >= 0.6 is 0 Å². The monoisotopic (exact) mass is 315 g/mol. The SMILES string of the molecule is COc1ccc(CN[C@@H](CC(=O)O)c2ccccc2)cc1OC. The van der Waals surface area contributed by atoms with E-state index in [1.807, 2.05) is 48.5 Å². The highest BCUT2D eigenvalue weighted by atomic mass is 16.5. The number of carbonyl (C=O) groups is 1. The van der Waals surface area contributed by atoms with Crippen molar-refractivity contribution in [3.8, 4) is 11.5 Å². The van der Waals surface area contributed by atoms with E-state index in [1.165, 1.54) is 0 Å². The Hall–Kier alpha value is -2.53. The fraction of sp³-hybridized carbons (Fsp3) is 0.278. The summed E-state index contributed by atoms with van der Waals surface area (Å²) >= 11 is 0. The van der Waals surface area contributed by atoms with Gasteiger partial charge in [0.1, 0.15) is 0 Å². The molecule has 0 amide bonds. The molecule has 0 saturated carbocycles. The van der Waals surface area contributed by atoms with E-state index >= 15 is 0 Å². The number of nitrogens with one attached hydrogen (secondary N) is 1. The summed E-state index contributed by atoms with van der Waals surface area (Å²) in [6.45, 7) is 0.535. The maximum Gasteiger partial charge on any atom is 0.305 e. The molecule has 0 bridgehead atoms. The normalized spacial score (nSPS) is 11.7. The Kier molecular flexibility index (Phi) is 6.00. The summed E-state index contributed by atoms with van der Waals surface area (Å²) < 4.78 is 10.5. The maximum absolute atomic E-state index is 11.1. The third-order valence-electron chi connectivity index (χ3n) is 3.58. The van der Waals surface area contributed by atoms with Crippen LogP contribution in [-0.4, -0.2) is 25.3 Å². The average molecular weight is 315 g/mol. The molecule has 0 spiro atoms. The van der Waals surface area contributed by atoms with E-state index in [1.54, 1.807) is 14.2 Å². The largest absolute Gasteiger partial charge is 0.493 e. The first kappa shape index (κ1) is 16.8. The Morgan fingerprint density at radius 2 is 1.78 bits per heavy atom. The van der Waals surface area contributed by atoms with Gasteiger partial charge >= 0.3 is 5.97 Å². The Morgan fingerprint density at radius 3 is 2.39 bits per heavy atom. The zero-order chi connectivity index (χ0) is 16.7. The first-order valence-electron chi connectivity index (χ1n) is 7.35. The van der Waals surface area contributed by atoms with E-state index in [4.69, 9.17) is 14.6 Å². The van der Waals surface area contributed by atoms with Crippen molar-refractivity contribution < 1.29 is 19.4 Å². The molecule has 1 atom stereocenters. The lowest BCUT2D eigenvalue weighted by Gasteiger charge is -2.18. The lowest BCUT2D eigenvalue weighted by molar-refractivity contribution is -0.137. The Labute approximate surface area is 135 Å². The predicted molar refractivity (Wildman–Crippen MR) is 87.8 cm³/mol. The van der Waals surface area contributed by atoms with Crippen LogP contribution in [0.5, 0.6) is 11.5 Å². The van der Waals surface area contributed by atoms with Crippen molar-refractivity contribution in [2.75, 3.05) is 14.2 Å². The summed E-state index contributed by atoms with van der Waals surface area (Å²) in [6.07, 6.45) is 0.0251. The highest BCUT2D eigenvalue weighted by Crippen LogP contribution is 2.28. The van der Waals surface area contributed by atoms with Crippen LogP contribution in [0.3, 0.4) is 0 Å². The molecule has 0 heterocycles. The number of rotatable bonds is 8. The van der Waals surface area contributed by atoms with Crippen LogP contribution < -0.4 is 14.8 Å². The summed E-state index contributed by atoms with van der Waals surface area (Å²) in [5, 5.41) is 12.4. The van der Waals surface area contributed by atoms with Gasteiger partial charge in [0.2, 0.25) is 0 Å². The lowest BCUT2D eigenvalue weighted by atomic mass is 10.0. The van der Waals surface area contributed by atoms with Gasteiger partial charge in [-0.25, -0.2) is 0 Å². The topological polar surface area (TPSA) is 67.8 Å². The number of hydrogen-bond donors (Lipinski definition) is 2. The quantitative estimate of drug-likeness (QED) is 0.784. The zero-order valence-electron chi connectivity index (χ0n) is 13.3. The molecule has 122 valence electrons. The summed E-state index contributed by atoms with van der Waals surface area (Å²) in [4.78, 5) is 11.1. The van der Waals surface area contributed by atoms with Crippen molar-refractivity contribution in [1.82, 2.24) is 5.32 Å². The molecular formula is C18H21NO4. The molecule has 0 fully saturated rings. The molecule has 5 heteroatoms. The fourth-order valence-corrected chi connectivity index (χ4v) is 2.40. The highest BCUT2D eigenvalue weighted by molar-refractivity contribution is 5.68. The Balaban J connectivity index is 2.10. The van der Waals surface area contributed by atoms with Gasteiger partial charge in [0.15, 0.2) is 11.5 Å². The molecule has 5 nitrogen and oxygen atoms in total. The van der Waals surface area contributed by atoms with Gasteiger partial charge in [-0.1, -0.05) is 36.4 Å². The van der Waals surface area contributed by atoms with Crippen molar-refractivity contribution in [2.24, 2.45) is 0 Å². The molecule has 0 saturated heterocycles. The van der Waals surface area contributed by atoms with Gasteiger partial charge in [0, 0.05) is 12.6 Å². The molecule has 0 aliphatic rings. The summed E-state index contributed by atoms with van der Waals surface area (Å²) in [6, 6.07) is 15.0. The molecule has 2 rings (SSSR count). The van der Waals surface area contributed by atoms with Gasteiger partial charge in [-0.2, -0.15) is 0 Å². The molecule has 0 aliphatic carbocycles. The minimum absolute atomic E-state index is 0.0251. The summed E-state index contributed by atoms with van der Waals surface area (Å²) in [7, 11) is 3.18. The van der Waals surface area contributed by atoms with E-state index in [0.29, 0.717) is 18.0 Å². The highest BCUT2D eigenvalue weighted by Gasteiger charge is 2.15. The maximum atomic E-state index is 11.1. The molecule has 23 heavy (non-hydrogen) atoms. The standard InChI is InChI=1S/C18H21NO4/c1-22-16-9-8-13(10-17(16)23-2)12-19-15(11-18(20)21)14-6-4-3-5-7-14/h3-10,15,19H,11-12H2,1-2H3,(H,20,21)/t15-/m0/s1. The van der Waals surface area contributed by atoms with Crippen LogP contribution in [0.4, 0.5) is 0 Å². The number of benzene rings is 2. The number of carboxylic acids is 1. The smallest absolute Gasteiger partial charge is 0.305 e. The predicted octanol–water partition coefficient (Wildman–Crippen LogP) is 3.01. The van der Waals surface area contributed by atoms with E-state index in [9.17, 15) is 4.79 Å². The second kappa shape index (κ2) is 8.19. The zero-order valence-corrected chi connectivity index (χ0v) is 13.3. The summed E-state index contributed by atoms with van der Waals surface area (Å²) in [5.41, 5.74) is 1.95. The van der Waals surface area contributed by atoms with Crippen molar-refractivity contribution >= 4 is 5.97 Å². The number of carboxylic acid groups (broad SMARTS) is 1. The minimum Gasteiger partial charge on any atom is -0.493 e. The van der Waals surface area contributed by atoms with Crippen molar-refractivity contribution in [3.05, 3.63) is 59.7 Å². The van der Waals surface area contributed by atoms with Gasteiger partial charge in [0.05, 0.1) is 20.6 Å². The fourth-order valence-electron chi connectivity index (χ4n) is 2.40. The average Bonchev–Trinajstić information content (AvgIpc) is 2.58. The molecule has 0 aliphatic heterocycles. The van der Waals surface area contributed by atoms with Crippen LogP contribution in [0.2, 0.25) is 0 Å². The number of hydrogen-bond acceptors (Lipinski definition) is 4. The minimum atomic E-state index is -0.835. The Bertz CT molecular complexity index is 643. The first-order valence-corrected chi connectivity index (χ1v) is 7.35. The van der Waals surface area contributed by atoms with Gasteiger partial charge in [-0.15, -0.1) is 0 Å². The molecule has 0 unspecified atom stereocenters. The van der Waals surface area contributed by atoms with E-state index in [0.717, 1.165) is 11.1 Å². The third kappa shape index (κ3) is 4.72. The Morgan fingerprint density at radius 1 is 1.09 bits per heavy atom. The van der Waals surface area contributed by atoms with Gasteiger partial charge in [-0.3, -0.25) is 4.79 Å². The van der Waals surface area contributed by atoms with Crippen molar-refractivity contribution in [1.29, 1.82) is 0 Å². The first-order chi connectivity index (χ1) is 11.1. The summed E-state index contributed by atoms with van der Waals surface area (Å²) in [5.74, 6) is 0.487. The second-order valence-corrected chi connectivity index (χ2v) is 5.13. The number of ether oxygens (including phenoxy) is 2. The van der Waals surface area contributed by atoms with Crippen molar-refractivity contribution in [2.45, 2.75) is 19.0 Å². The van der Waals surface area contributed by atoms with E-state index < -0.39 is 5.97 Å². The second-order valence-electron chi connectivity index (χ2n) is 5.13. The van der Waals surface area contributed by atoms with E-state index in [-0.39, 0.29) is 12.5 Å². The molecule has 0 aromatic heterocycles. The number of methoxy groups -OCH3 is 2. The molecule has 2 aromatic carbocycles. The van der Waals surface area contributed by atoms with Crippen molar-refractivity contribution in [3.63, 3.8) is 0 Å². The number of aliphatic carboxylic acids is 1. The molecule has 0 radical (unpaired) electrons. The van der Waals surface area contributed by atoms with Gasteiger partial charge in [-0.05, 0) is 23.3 Å². The molecular weight excluding hydrogens is 294 g/mol. The third-order valence-corrected chi connectivity index (χ3v) is 3.58. The van der Waals surface area contributed by atoms with Gasteiger partial charge < -0.3 is 19.9 Å².